The number of fused-ring (bicyclic) bond motifs is 1. The summed E-state index contributed by atoms with van der Waals surface area (Å²) in [6.45, 7) is -1.44. The van der Waals surface area contributed by atoms with Gasteiger partial charge in [-0.2, -0.15) is 13.2 Å². The first-order chi connectivity index (χ1) is 12.1. The van der Waals surface area contributed by atoms with Gasteiger partial charge < -0.3 is 9.88 Å². The zero-order valence-corrected chi connectivity index (χ0v) is 14.9. The average molecular weight is 414 g/mol. The summed E-state index contributed by atoms with van der Waals surface area (Å²) in [6.07, 6.45) is -4.09. The highest BCUT2D eigenvalue weighted by molar-refractivity contribution is 8.01. The molecule has 2 N–H and O–H groups in total. The third kappa shape index (κ3) is 4.52. The number of pyridine rings is 1. The van der Waals surface area contributed by atoms with Gasteiger partial charge in [0, 0.05) is 23.6 Å². The lowest BCUT2D eigenvalue weighted by Gasteiger charge is -2.30. The van der Waals surface area contributed by atoms with Gasteiger partial charge in [-0.3, -0.25) is 14.9 Å². The van der Waals surface area contributed by atoms with Crippen molar-refractivity contribution >= 4 is 35.0 Å². The topological polar surface area (TPSA) is 63.1 Å². The maximum Gasteiger partial charge on any atom is 0.406 e. The van der Waals surface area contributed by atoms with E-state index in [1.165, 1.54) is 17.8 Å². The third-order valence-electron chi connectivity index (χ3n) is 4.29. The van der Waals surface area contributed by atoms with Crippen LogP contribution in [0.3, 0.4) is 0 Å². The number of alkyl halides is 5. The van der Waals surface area contributed by atoms with Crippen LogP contribution in [0, 0.1) is 0 Å². The number of nitrogens with zero attached hydrogens (tertiary/aromatic N) is 1. The molecular formula is C15H16ClF4N3O2S. The summed E-state index contributed by atoms with van der Waals surface area (Å²) in [5.41, 5.74) is -0.739. The van der Waals surface area contributed by atoms with E-state index in [0.29, 0.717) is 11.0 Å². The zero-order chi connectivity index (χ0) is 19.1. The number of rotatable bonds is 3. The van der Waals surface area contributed by atoms with Gasteiger partial charge in [-0.15, -0.1) is 23.4 Å². The van der Waals surface area contributed by atoms with Crippen molar-refractivity contribution in [3.63, 3.8) is 0 Å². The molecule has 0 bridgehead atoms. The standard InChI is InChI=1S/C15H16ClF4N3O2S/c16-8-3-11-10(4-9(8)17)22-14(26-11)13(25)21-7-1-2-12(24)23(5-7)6-15(18,19)20/h1-2,5,8-11,14,22H,3-4,6H2,(H,21,25). The van der Waals surface area contributed by atoms with E-state index in [-0.39, 0.29) is 23.4 Å². The summed E-state index contributed by atoms with van der Waals surface area (Å²) < 4.78 is 51.7. The van der Waals surface area contributed by atoms with Crippen molar-refractivity contribution in [1.82, 2.24) is 9.88 Å². The first-order valence-electron chi connectivity index (χ1n) is 7.90. The van der Waals surface area contributed by atoms with E-state index in [9.17, 15) is 27.2 Å². The van der Waals surface area contributed by atoms with E-state index >= 15 is 0 Å². The number of aromatic nitrogens is 1. The fraction of sp³-hybridized carbons (Fsp3) is 0.600. The Kier molecular flexibility index (Phi) is 5.55. The largest absolute Gasteiger partial charge is 0.406 e. The van der Waals surface area contributed by atoms with E-state index in [1.54, 1.807) is 0 Å². The number of amides is 1. The van der Waals surface area contributed by atoms with Gasteiger partial charge in [0.2, 0.25) is 0 Å². The van der Waals surface area contributed by atoms with Crippen molar-refractivity contribution in [2.24, 2.45) is 0 Å². The molecule has 144 valence electrons. The first kappa shape index (κ1) is 19.5. The molecule has 1 aromatic rings. The molecule has 3 rings (SSSR count). The lowest BCUT2D eigenvalue weighted by Crippen LogP contribution is -2.45. The molecule has 26 heavy (non-hydrogen) atoms. The fourth-order valence-electron chi connectivity index (χ4n) is 3.08. The number of halogens is 5. The summed E-state index contributed by atoms with van der Waals surface area (Å²) in [5, 5.41) is 4.28. The van der Waals surface area contributed by atoms with Crippen molar-refractivity contribution in [1.29, 1.82) is 0 Å². The number of nitrogens with one attached hydrogen (secondary N) is 2. The quantitative estimate of drug-likeness (QED) is 0.590. The van der Waals surface area contributed by atoms with Gasteiger partial charge in [0.15, 0.2) is 0 Å². The van der Waals surface area contributed by atoms with Gasteiger partial charge in [-0.05, 0) is 18.9 Å². The van der Waals surface area contributed by atoms with E-state index in [2.05, 4.69) is 10.6 Å². The van der Waals surface area contributed by atoms with Crippen LogP contribution in [0.15, 0.2) is 23.1 Å². The Morgan fingerprint density at radius 3 is 2.81 bits per heavy atom. The number of carbonyl (C=O) groups is 1. The van der Waals surface area contributed by atoms with Crippen molar-refractivity contribution in [2.45, 2.75) is 53.8 Å². The van der Waals surface area contributed by atoms with Crippen LogP contribution in [0.1, 0.15) is 12.8 Å². The van der Waals surface area contributed by atoms with E-state index in [4.69, 9.17) is 11.6 Å². The molecule has 2 aliphatic rings. The van der Waals surface area contributed by atoms with Gasteiger partial charge in [0.05, 0.1) is 11.1 Å². The zero-order valence-electron chi connectivity index (χ0n) is 13.3. The van der Waals surface area contributed by atoms with Crippen LogP contribution >= 0.6 is 23.4 Å². The molecule has 0 spiro atoms. The van der Waals surface area contributed by atoms with Crippen LogP contribution < -0.4 is 16.2 Å². The van der Waals surface area contributed by atoms with Crippen molar-refractivity contribution < 1.29 is 22.4 Å². The molecule has 1 aliphatic heterocycles. The van der Waals surface area contributed by atoms with Crippen LogP contribution in [-0.2, 0) is 11.3 Å². The molecule has 1 saturated heterocycles. The van der Waals surface area contributed by atoms with Gasteiger partial charge >= 0.3 is 6.18 Å². The van der Waals surface area contributed by atoms with Crippen molar-refractivity contribution in [3.8, 4) is 0 Å². The molecule has 2 heterocycles. The minimum Gasteiger partial charge on any atom is -0.323 e. The Hall–Kier alpha value is -1.26. The number of hydrogen-bond acceptors (Lipinski definition) is 4. The summed E-state index contributed by atoms with van der Waals surface area (Å²) in [7, 11) is 0. The monoisotopic (exact) mass is 413 g/mol. The Bertz CT molecular complexity index is 726. The molecule has 1 amide bonds. The molecule has 1 saturated carbocycles. The molecule has 0 aromatic carbocycles. The highest BCUT2D eigenvalue weighted by Gasteiger charge is 2.44. The summed E-state index contributed by atoms with van der Waals surface area (Å²) in [4.78, 5) is 23.9. The summed E-state index contributed by atoms with van der Waals surface area (Å²) in [5.74, 6) is -0.469. The second-order valence-corrected chi connectivity index (χ2v) is 8.23. The maximum atomic E-state index is 13.7. The molecule has 5 nitrogen and oxygen atoms in total. The highest BCUT2D eigenvalue weighted by Crippen LogP contribution is 2.40. The minimum absolute atomic E-state index is 0.000525. The Labute approximate surface area is 155 Å². The van der Waals surface area contributed by atoms with Crippen molar-refractivity contribution in [3.05, 3.63) is 28.7 Å². The van der Waals surface area contributed by atoms with E-state index < -0.39 is 41.1 Å². The average Bonchev–Trinajstić information content (AvgIpc) is 2.92. The van der Waals surface area contributed by atoms with Gasteiger partial charge in [0.1, 0.15) is 18.1 Å². The summed E-state index contributed by atoms with van der Waals surface area (Å²) >= 11 is 7.26. The molecule has 2 fully saturated rings. The number of carbonyl (C=O) groups excluding carboxylic acids is 1. The SMILES string of the molecule is O=C(Nc1ccc(=O)n(CC(F)(F)F)c1)C1NC2CC(F)C(Cl)CC2S1. The van der Waals surface area contributed by atoms with Crippen LogP contribution in [-0.4, -0.2) is 44.9 Å². The Morgan fingerprint density at radius 1 is 1.38 bits per heavy atom. The predicted octanol–water partition coefficient (Wildman–Crippen LogP) is 2.49. The highest BCUT2D eigenvalue weighted by atomic mass is 35.5. The Balaban J connectivity index is 1.65. The fourth-order valence-corrected chi connectivity index (χ4v) is 4.96. The second kappa shape index (κ2) is 7.40. The molecule has 0 radical (unpaired) electrons. The van der Waals surface area contributed by atoms with Crippen LogP contribution in [0.25, 0.3) is 0 Å². The molecule has 1 aromatic heterocycles. The molecule has 5 atom stereocenters. The van der Waals surface area contributed by atoms with E-state index in [0.717, 1.165) is 12.3 Å². The van der Waals surface area contributed by atoms with Crippen LogP contribution in [0.4, 0.5) is 23.2 Å². The van der Waals surface area contributed by atoms with Crippen LogP contribution in [0.5, 0.6) is 0 Å². The first-order valence-corrected chi connectivity index (χ1v) is 9.28. The van der Waals surface area contributed by atoms with Gasteiger partial charge in [-0.1, -0.05) is 0 Å². The minimum atomic E-state index is -4.55. The summed E-state index contributed by atoms with van der Waals surface area (Å²) in [6, 6.07) is 2.02. The van der Waals surface area contributed by atoms with Crippen LogP contribution in [0.2, 0.25) is 0 Å². The van der Waals surface area contributed by atoms with Gasteiger partial charge in [-0.25, -0.2) is 4.39 Å². The molecule has 5 unspecified atom stereocenters. The van der Waals surface area contributed by atoms with Gasteiger partial charge in [0.25, 0.3) is 11.5 Å². The lowest BCUT2D eigenvalue weighted by molar-refractivity contribution is -0.141. The number of anilines is 1. The van der Waals surface area contributed by atoms with E-state index in [1.807, 2.05) is 0 Å². The number of thioether (sulfide) groups is 1. The molecule has 11 heteroatoms. The maximum absolute atomic E-state index is 13.7. The lowest BCUT2D eigenvalue weighted by atomic mass is 9.93. The predicted molar refractivity (Wildman–Crippen MR) is 91.2 cm³/mol. The van der Waals surface area contributed by atoms with Crippen molar-refractivity contribution in [2.75, 3.05) is 5.32 Å². The second-order valence-electron chi connectivity index (χ2n) is 6.32. The Morgan fingerprint density at radius 2 is 2.12 bits per heavy atom. The molecule has 1 aliphatic carbocycles. The number of hydrogen-bond donors (Lipinski definition) is 2. The normalized spacial score (nSPS) is 31.5. The smallest absolute Gasteiger partial charge is 0.323 e. The third-order valence-corrected chi connectivity index (χ3v) is 6.24. The molecular weight excluding hydrogens is 398 g/mol.